The third kappa shape index (κ3) is 3.42. The molecule has 2 amide bonds. The molecule has 0 aliphatic rings. The number of aromatic hydroxyl groups is 1. The summed E-state index contributed by atoms with van der Waals surface area (Å²) in [6.45, 7) is 1.64. The number of benzene rings is 1. The van der Waals surface area contributed by atoms with E-state index in [0.29, 0.717) is 5.69 Å². The fraction of sp³-hybridized carbons (Fsp3) is 0.176. The molecule has 0 unspecified atom stereocenters. The van der Waals surface area contributed by atoms with Gasteiger partial charge in [-0.15, -0.1) is 0 Å². The summed E-state index contributed by atoms with van der Waals surface area (Å²) in [5.41, 5.74) is 2.21. The van der Waals surface area contributed by atoms with Crippen LogP contribution in [0.15, 0.2) is 36.5 Å². The number of anilines is 1. The number of imidazole rings is 1. The van der Waals surface area contributed by atoms with Crippen LogP contribution in [-0.2, 0) is 4.79 Å². The number of pyridine rings is 1. The van der Waals surface area contributed by atoms with Gasteiger partial charge in [-0.2, -0.15) is 0 Å². The number of hydrogen-bond acceptors (Lipinski definition) is 5. The number of likely N-dealkylation sites (N-methyl/N-ethyl adjacent to an activating group) is 1. The van der Waals surface area contributed by atoms with Gasteiger partial charge in [-0.1, -0.05) is 0 Å². The highest BCUT2D eigenvalue weighted by molar-refractivity contribution is 6.01. The minimum atomic E-state index is -0.612. The molecule has 0 fully saturated rings. The maximum absolute atomic E-state index is 12.3. The van der Waals surface area contributed by atoms with Crippen LogP contribution in [0, 0.1) is 6.92 Å². The van der Waals surface area contributed by atoms with Crippen LogP contribution in [-0.4, -0.2) is 45.5 Å². The molecule has 0 aliphatic heterocycles. The number of aromatic nitrogens is 3. The molecular formula is C17H17N5O3. The predicted octanol–water partition coefficient (Wildman–Crippen LogP) is 1.36. The lowest BCUT2D eigenvalue weighted by Crippen LogP contribution is -2.38. The molecule has 3 N–H and O–H groups in total. The maximum atomic E-state index is 12.3. The van der Waals surface area contributed by atoms with E-state index >= 15 is 0 Å². The molecule has 2 heterocycles. The Hall–Kier alpha value is -3.42. The summed E-state index contributed by atoms with van der Waals surface area (Å²) >= 11 is 0. The summed E-state index contributed by atoms with van der Waals surface area (Å²) in [5.74, 6) is -0.358. The van der Waals surface area contributed by atoms with Crippen molar-refractivity contribution in [3.8, 4) is 5.75 Å². The average molecular weight is 339 g/mol. The fourth-order valence-electron chi connectivity index (χ4n) is 2.41. The zero-order valence-electron chi connectivity index (χ0n) is 13.8. The lowest BCUT2D eigenvalue weighted by atomic mass is 10.2. The summed E-state index contributed by atoms with van der Waals surface area (Å²) < 4.78 is 0. The SMILES string of the molecule is Cc1nc2ccc(N(C)C(=O)CNC(=O)c3ncccc3O)cc2[nH]1. The number of nitrogens with one attached hydrogen (secondary N) is 2. The number of aromatic amines is 1. The second-order valence-electron chi connectivity index (χ2n) is 5.53. The second-order valence-corrected chi connectivity index (χ2v) is 5.53. The van der Waals surface area contributed by atoms with Crippen LogP contribution in [0.1, 0.15) is 16.3 Å². The van der Waals surface area contributed by atoms with Crippen molar-refractivity contribution < 1.29 is 14.7 Å². The van der Waals surface area contributed by atoms with E-state index in [1.165, 1.54) is 23.2 Å². The summed E-state index contributed by atoms with van der Waals surface area (Å²) in [5, 5.41) is 12.1. The van der Waals surface area contributed by atoms with Crippen LogP contribution in [0.4, 0.5) is 5.69 Å². The number of hydrogen-bond donors (Lipinski definition) is 3. The Bertz CT molecular complexity index is 950. The van der Waals surface area contributed by atoms with Crippen LogP contribution in [0.3, 0.4) is 0 Å². The highest BCUT2D eigenvalue weighted by Crippen LogP contribution is 2.20. The molecule has 0 radical (unpaired) electrons. The molecule has 0 spiro atoms. The summed E-state index contributed by atoms with van der Waals surface area (Å²) in [6.07, 6.45) is 1.39. The normalized spacial score (nSPS) is 10.6. The first kappa shape index (κ1) is 16.4. The highest BCUT2D eigenvalue weighted by Gasteiger charge is 2.16. The van der Waals surface area contributed by atoms with E-state index in [4.69, 9.17) is 0 Å². The Kier molecular flexibility index (Phi) is 4.34. The van der Waals surface area contributed by atoms with Gasteiger partial charge in [0, 0.05) is 18.9 Å². The van der Waals surface area contributed by atoms with Gasteiger partial charge in [-0.05, 0) is 37.3 Å². The van der Waals surface area contributed by atoms with Gasteiger partial charge in [-0.25, -0.2) is 9.97 Å². The number of rotatable bonds is 4. The van der Waals surface area contributed by atoms with Crippen molar-refractivity contribution in [1.29, 1.82) is 0 Å². The van der Waals surface area contributed by atoms with Gasteiger partial charge in [0.15, 0.2) is 5.69 Å². The maximum Gasteiger partial charge on any atom is 0.274 e. The third-order valence-corrected chi connectivity index (χ3v) is 3.75. The molecule has 25 heavy (non-hydrogen) atoms. The van der Waals surface area contributed by atoms with E-state index in [-0.39, 0.29) is 23.9 Å². The van der Waals surface area contributed by atoms with Crippen molar-refractivity contribution in [2.24, 2.45) is 0 Å². The first-order valence-corrected chi connectivity index (χ1v) is 7.61. The van der Waals surface area contributed by atoms with Crippen LogP contribution >= 0.6 is 0 Å². The zero-order valence-corrected chi connectivity index (χ0v) is 13.8. The van der Waals surface area contributed by atoms with Crippen LogP contribution in [0.25, 0.3) is 11.0 Å². The number of carbonyl (C=O) groups excluding carboxylic acids is 2. The van der Waals surface area contributed by atoms with Gasteiger partial charge >= 0.3 is 0 Å². The third-order valence-electron chi connectivity index (χ3n) is 3.75. The predicted molar refractivity (Wildman–Crippen MR) is 92.5 cm³/mol. The zero-order chi connectivity index (χ0) is 18.0. The van der Waals surface area contributed by atoms with Crippen molar-refractivity contribution in [1.82, 2.24) is 20.3 Å². The lowest BCUT2D eigenvalue weighted by molar-refractivity contribution is -0.117. The van der Waals surface area contributed by atoms with Crippen molar-refractivity contribution in [3.63, 3.8) is 0 Å². The summed E-state index contributed by atoms with van der Waals surface area (Å²) in [7, 11) is 1.62. The minimum Gasteiger partial charge on any atom is -0.505 e. The van der Waals surface area contributed by atoms with Crippen molar-refractivity contribution in [2.75, 3.05) is 18.5 Å². The first-order valence-electron chi connectivity index (χ1n) is 7.61. The molecule has 0 saturated carbocycles. The van der Waals surface area contributed by atoms with Crippen LogP contribution in [0.5, 0.6) is 5.75 Å². The topological polar surface area (TPSA) is 111 Å². The van der Waals surface area contributed by atoms with Gasteiger partial charge in [0.05, 0.1) is 17.6 Å². The average Bonchev–Trinajstić information content (AvgIpc) is 2.98. The van der Waals surface area contributed by atoms with E-state index in [1.807, 2.05) is 19.1 Å². The number of nitrogens with zero attached hydrogens (tertiary/aromatic N) is 3. The Morgan fingerprint density at radius 1 is 1.32 bits per heavy atom. The summed E-state index contributed by atoms with van der Waals surface area (Å²) in [4.78, 5) is 37.0. The van der Waals surface area contributed by atoms with Crippen molar-refractivity contribution in [3.05, 3.63) is 48.0 Å². The molecule has 0 bridgehead atoms. The Morgan fingerprint density at radius 3 is 2.88 bits per heavy atom. The molecule has 8 heteroatoms. The molecule has 0 aliphatic carbocycles. The van der Waals surface area contributed by atoms with Crippen molar-refractivity contribution >= 4 is 28.5 Å². The number of amides is 2. The molecule has 2 aromatic heterocycles. The number of carbonyl (C=O) groups is 2. The highest BCUT2D eigenvalue weighted by atomic mass is 16.3. The number of H-pyrrole nitrogens is 1. The molecule has 3 aromatic rings. The second kappa shape index (κ2) is 6.60. The fourth-order valence-corrected chi connectivity index (χ4v) is 2.41. The van der Waals surface area contributed by atoms with Gasteiger partial charge in [-0.3, -0.25) is 9.59 Å². The largest absolute Gasteiger partial charge is 0.505 e. The Balaban J connectivity index is 1.67. The van der Waals surface area contributed by atoms with Crippen LogP contribution < -0.4 is 10.2 Å². The lowest BCUT2D eigenvalue weighted by Gasteiger charge is -2.17. The van der Waals surface area contributed by atoms with E-state index < -0.39 is 5.91 Å². The molecule has 128 valence electrons. The Labute approximate surface area is 143 Å². The van der Waals surface area contributed by atoms with Gasteiger partial charge < -0.3 is 20.3 Å². The van der Waals surface area contributed by atoms with Crippen molar-refractivity contribution in [2.45, 2.75) is 6.92 Å². The molecular weight excluding hydrogens is 322 g/mol. The van der Waals surface area contributed by atoms with Gasteiger partial charge in [0.25, 0.3) is 5.91 Å². The van der Waals surface area contributed by atoms with Crippen LogP contribution in [0.2, 0.25) is 0 Å². The molecule has 0 saturated heterocycles. The molecule has 0 atom stereocenters. The molecule has 1 aromatic carbocycles. The molecule has 3 rings (SSSR count). The number of fused-ring (bicyclic) bond motifs is 1. The van der Waals surface area contributed by atoms with E-state index in [9.17, 15) is 14.7 Å². The Morgan fingerprint density at radius 2 is 2.12 bits per heavy atom. The van der Waals surface area contributed by atoms with E-state index in [1.54, 1.807) is 13.1 Å². The number of aryl methyl sites for hydroxylation is 1. The standard InChI is InChI=1S/C17H17N5O3/c1-10-20-12-6-5-11(8-13(12)21-10)22(2)15(24)9-19-17(25)16-14(23)4-3-7-18-16/h3-8,23H,9H2,1-2H3,(H,19,25)(H,20,21). The monoisotopic (exact) mass is 339 g/mol. The van der Waals surface area contributed by atoms with E-state index in [2.05, 4.69) is 20.3 Å². The van der Waals surface area contributed by atoms with Gasteiger partial charge in [0.2, 0.25) is 5.91 Å². The summed E-state index contributed by atoms with van der Waals surface area (Å²) in [6, 6.07) is 8.30. The van der Waals surface area contributed by atoms with Gasteiger partial charge in [0.1, 0.15) is 11.6 Å². The minimum absolute atomic E-state index is 0.118. The van der Waals surface area contributed by atoms with E-state index in [0.717, 1.165) is 16.9 Å². The smallest absolute Gasteiger partial charge is 0.274 e. The molecule has 8 nitrogen and oxygen atoms in total. The first-order chi connectivity index (χ1) is 12.0. The quantitative estimate of drug-likeness (QED) is 0.665.